The highest BCUT2D eigenvalue weighted by molar-refractivity contribution is 7.26. The lowest BCUT2D eigenvalue weighted by molar-refractivity contribution is 1.08. The van der Waals surface area contributed by atoms with E-state index in [2.05, 4.69) is 193 Å². The molecule has 0 aliphatic heterocycles. The van der Waals surface area contributed by atoms with Crippen molar-refractivity contribution in [2.24, 2.45) is 0 Å². The lowest BCUT2D eigenvalue weighted by atomic mass is 9.93. The third kappa shape index (κ3) is 5.64. The van der Waals surface area contributed by atoms with E-state index in [4.69, 9.17) is 15.0 Å². The van der Waals surface area contributed by atoms with Gasteiger partial charge in [-0.3, -0.25) is 0 Å². The predicted octanol–water partition coefficient (Wildman–Crippen LogP) is 16.7. The summed E-state index contributed by atoms with van der Waals surface area (Å²) in [6.07, 6.45) is 0. The Balaban J connectivity index is 1.09. The maximum atomic E-state index is 5.49. The van der Waals surface area contributed by atoms with Gasteiger partial charge in [-0.2, -0.15) is 0 Å². The van der Waals surface area contributed by atoms with Crippen LogP contribution in [0.25, 0.3) is 135 Å². The first-order valence-electron chi connectivity index (χ1n) is 21.8. The van der Waals surface area contributed by atoms with Gasteiger partial charge in [0, 0.05) is 73.5 Å². The summed E-state index contributed by atoms with van der Waals surface area (Å²) in [5, 5.41) is 12.3. The van der Waals surface area contributed by atoms with Crippen molar-refractivity contribution in [2.45, 2.75) is 0 Å². The number of thiophene rings is 2. The number of para-hydroxylation sites is 1. The number of benzene rings is 10. The molecule has 10 aromatic carbocycles. The van der Waals surface area contributed by atoms with E-state index >= 15 is 0 Å². The normalized spacial score (nSPS) is 12.0. The summed E-state index contributed by atoms with van der Waals surface area (Å²) in [4.78, 5) is 16.2. The van der Waals surface area contributed by atoms with Gasteiger partial charge in [-0.25, -0.2) is 15.0 Å². The fourth-order valence-electron chi connectivity index (χ4n) is 10.1. The monoisotopic (exact) mass is 862 g/mol. The van der Waals surface area contributed by atoms with Gasteiger partial charge >= 0.3 is 0 Å². The summed E-state index contributed by atoms with van der Waals surface area (Å²) in [6, 6.07) is 74.5. The van der Waals surface area contributed by atoms with E-state index in [-0.39, 0.29) is 0 Å². The molecule has 0 fully saturated rings. The van der Waals surface area contributed by atoms with Crippen LogP contribution in [-0.4, -0.2) is 19.5 Å². The SMILES string of the molecule is c1ccc(-c2nc(-c3ccc(-n4c5ccccc5c5cc6ccccc6cc54)cc3-c3cccc4sc5ccc6ccccc6c5c34)nc(-c3cccc4c3sc3ccccc34)n2)cc1. The minimum absolute atomic E-state index is 0.628. The fourth-order valence-corrected chi connectivity index (χ4v) is 12.4. The van der Waals surface area contributed by atoms with Crippen LogP contribution >= 0.6 is 22.7 Å². The number of hydrogen-bond acceptors (Lipinski definition) is 5. The van der Waals surface area contributed by atoms with Crippen molar-refractivity contribution in [3.8, 4) is 51.0 Å². The Morgan fingerprint density at radius 1 is 0.323 bits per heavy atom. The summed E-state index contributed by atoms with van der Waals surface area (Å²) in [7, 11) is 0. The van der Waals surface area contributed by atoms with Crippen molar-refractivity contribution in [3.63, 3.8) is 0 Å². The zero-order valence-electron chi connectivity index (χ0n) is 34.7. The smallest absolute Gasteiger partial charge is 0.165 e. The molecule has 0 saturated carbocycles. The minimum atomic E-state index is 0.628. The summed E-state index contributed by atoms with van der Waals surface area (Å²) in [5.74, 6) is 1.92. The molecule has 14 aromatic rings. The van der Waals surface area contributed by atoms with Gasteiger partial charge in [-0.1, -0.05) is 146 Å². The standard InChI is InChI=1S/C59H34N4S2/c1-2-15-36(16-3-1)57-60-58(62-59(61-57)46-24-12-23-44-42-21-9-11-26-51(42)65-56(44)46)45-30-29-39(63-49-25-10-8-20-41(49)48-32-37-17-4-5-18-38(37)33-50(48)63)34-47(45)43-22-13-27-52-55(43)54-40-19-7-6-14-35(40)28-31-53(54)64-52/h1-34H. The number of aromatic nitrogens is 4. The largest absolute Gasteiger partial charge is 0.309 e. The fraction of sp³-hybridized carbons (Fsp3) is 0. The summed E-state index contributed by atoms with van der Waals surface area (Å²) in [6.45, 7) is 0. The average molecular weight is 863 g/mol. The van der Waals surface area contributed by atoms with Gasteiger partial charge in [0.25, 0.3) is 0 Å². The Morgan fingerprint density at radius 2 is 0.969 bits per heavy atom. The first-order chi connectivity index (χ1) is 32.2. The minimum Gasteiger partial charge on any atom is -0.309 e. The molecule has 0 spiro atoms. The molecule has 4 nitrogen and oxygen atoms in total. The maximum Gasteiger partial charge on any atom is 0.165 e. The van der Waals surface area contributed by atoms with Gasteiger partial charge in [0.1, 0.15) is 0 Å². The highest BCUT2D eigenvalue weighted by Crippen LogP contribution is 2.47. The van der Waals surface area contributed by atoms with Gasteiger partial charge in [0.2, 0.25) is 0 Å². The highest BCUT2D eigenvalue weighted by Gasteiger charge is 2.23. The van der Waals surface area contributed by atoms with Crippen molar-refractivity contribution < 1.29 is 0 Å². The lowest BCUT2D eigenvalue weighted by Gasteiger charge is -2.17. The molecule has 0 bridgehead atoms. The first kappa shape index (κ1) is 36.5. The zero-order chi connectivity index (χ0) is 42.6. The van der Waals surface area contributed by atoms with Crippen molar-refractivity contribution >= 4 is 106 Å². The quantitative estimate of drug-likeness (QED) is 0.173. The van der Waals surface area contributed by atoms with Crippen LogP contribution in [0, 0.1) is 0 Å². The number of hydrogen-bond donors (Lipinski definition) is 0. The molecular formula is C59H34N4S2. The van der Waals surface area contributed by atoms with Crippen LogP contribution < -0.4 is 0 Å². The second-order valence-corrected chi connectivity index (χ2v) is 18.8. The third-order valence-electron chi connectivity index (χ3n) is 13.0. The van der Waals surface area contributed by atoms with E-state index in [9.17, 15) is 0 Å². The Hall–Kier alpha value is -8.03. The predicted molar refractivity (Wildman–Crippen MR) is 277 cm³/mol. The molecule has 302 valence electrons. The average Bonchev–Trinajstić information content (AvgIpc) is 4.05. The van der Waals surface area contributed by atoms with Crippen LogP contribution in [0.3, 0.4) is 0 Å². The van der Waals surface area contributed by atoms with Crippen LogP contribution in [0.4, 0.5) is 0 Å². The second-order valence-electron chi connectivity index (χ2n) is 16.7. The molecule has 0 unspecified atom stereocenters. The molecule has 14 rings (SSSR count). The molecule has 0 atom stereocenters. The van der Waals surface area contributed by atoms with Gasteiger partial charge < -0.3 is 4.57 Å². The Bertz CT molecular complexity index is 4250. The summed E-state index contributed by atoms with van der Waals surface area (Å²) in [5.41, 5.74) is 8.47. The summed E-state index contributed by atoms with van der Waals surface area (Å²) < 4.78 is 7.35. The maximum absolute atomic E-state index is 5.49. The Kier molecular flexibility index (Phi) is 7.99. The van der Waals surface area contributed by atoms with Crippen molar-refractivity contribution in [1.29, 1.82) is 0 Å². The van der Waals surface area contributed by atoms with Crippen LogP contribution in [0.2, 0.25) is 0 Å². The Morgan fingerprint density at radius 3 is 1.85 bits per heavy atom. The lowest BCUT2D eigenvalue weighted by Crippen LogP contribution is -2.02. The molecule has 4 aromatic heterocycles. The molecule has 0 aliphatic rings. The third-order valence-corrected chi connectivity index (χ3v) is 15.4. The van der Waals surface area contributed by atoms with E-state index in [1.54, 1.807) is 11.3 Å². The number of rotatable bonds is 5. The van der Waals surface area contributed by atoms with Crippen LogP contribution in [0.15, 0.2) is 206 Å². The van der Waals surface area contributed by atoms with E-state index in [1.165, 1.54) is 78.2 Å². The second kappa shape index (κ2) is 14.2. The van der Waals surface area contributed by atoms with E-state index in [1.807, 2.05) is 29.5 Å². The van der Waals surface area contributed by atoms with Gasteiger partial charge in [-0.15, -0.1) is 22.7 Å². The number of fused-ring (bicyclic) bond motifs is 12. The number of nitrogens with zero attached hydrogens (tertiary/aromatic N) is 4. The van der Waals surface area contributed by atoms with Gasteiger partial charge in [-0.05, 0) is 93.3 Å². The molecule has 0 N–H and O–H groups in total. The molecule has 65 heavy (non-hydrogen) atoms. The molecule has 0 saturated heterocycles. The van der Waals surface area contributed by atoms with E-state index in [0.29, 0.717) is 17.5 Å². The van der Waals surface area contributed by atoms with Gasteiger partial charge in [0.05, 0.1) is 11.0 Å². The zero-order valence-corrected chi connectivity index (χ0v) is 36.4. The molecule has 0 aliphatic carbocycles. The molecule has 6 heteroatoms. The molecule has 0 radical (unpaired) electrons. The van der Waals surface area contributed by atoms with E-state index in [0.717, 1.165) is 39.0 Å². The van der Waals surface area contributed by atoms with Crippen LogP contribution in [-0.2, 0) is 0 Å². The molecule has 4 heterocycles. The molecule has 0 amide bonds. The topological polar surface area (TPSA) is 43.6 Å². The Labute approximate surface area is 381 Å². The summed E-state index contributed by atoms with van der Waals surface area (Å²) >= 11 is 3.64. The van der Waals surface area contributed by atoms with Crippen molar-refractivity contribution in [3.05, 3.63) is 206 Å². The molecular weight excluding hydrogens is 829 g/mol. The van der Waals surface area contributed by atoms with Crippen LogP contribution in [0.1, 0.15) is 0 Å². The van der Waals surface area contributed by atoms with Crippen molar-refractivity contribution in [2.75, 3.05) is 0 Å². The highest BCUT2D eigenvalue weighted by atomic mass is 32.1. The first-order valence-corrected chi connectivity index (χ1v) is 23.5. The van der Waals surface area contributed by atoms with Crippen LogP contribution in [0.5, 0.6) is 0 Å². The van der Waals surface area contributed by atoms with Crippen molar-refractivity contribution in [1.82, 2.24) is 19.5 Å². The van der Waals surface area contributed by atoms with Gasteiger partial charge in [0.15, 0.2) is 17.5 Å². The van der Waals surface area contributed by atoms with E-state index < -0.39 is 0 Å².